The molecule has 0 radical (unpaired) electrons. The molecule has 2 aromatic rings. The van der Waals surface area contributed by atoms with Gasteiger partial charge in [-0.2, -0.15) is 0 Å². The molecule has 5 unspecified atom stereocenters. The van der Waals surface area contributed by atoms with Gasteiger partial charge in [-0.3, -0.25) is 9.59 Å². The third-order valence-electron chi connectivity index (χ3n) is 6.83. The molecular formula is C24H25NO4. The van der Waals surface area contributed by atoms with Crippen molar-refractivity contribution in [2.24, 2.45) is 17.8 Å². The highest BCUT2D eigenvalue weighted by Gasteiger charge is 2.53. The van der Waals surface area contributed by atoms with Gasteiger partial charge >= 0.3 is 0 Å². The zero-order valence-electron chi connectivity index (χ0n) is 16.7. The highest BCUT2D eigenvalue weighted by atomic mass is 16.5. The van der Waals surface area contributed by atoms with Crippen LogP contribution in [0.5, 0.6) is 0 Å². The van der Waals surface area contributed by atoms with E-state index in [1.165, 1.54) is 0 Å². The normalized spacial score (nSPS) is 31.5. The SMILES string of the molecule is CC1CC2OC3=C(C(=O)C2CC1C)C(c1ccccc1)N(Cc1ccco1)C3=O. The number of carbonyl (C=O) groups excluding carboxylic acids is 2. The summed E-state index contributed by atoms with van der Waals surface area (Å²) in [5.41, 5.74) is 1.45. The number of Topliss-reactive ketones (excluding diaryl/α,β-unsaturated/α-hetero) is 1. The van der Waals surface area contributed by atoms with Gasteiger partial charge in [0.05, 0.1) is 30.3 Å². The molecule has 5 nitrogen and oxygen atoms in total. The van der Waals surface area contributed by atoms with Crippen LogP contribution in [0.15, 0.2) is 64.5 Å². The second kappa shape index (κ2) is 6.90. The molecule has 3 aliphatic rings. The van der Waals surface area contributed by atoms with Crippen LogP contribution in [-0.4, -0.2) is 22.7 Å². The fourth-order valence-corrected chi connectivity index (χ4v) is 5.02. The smallest absolute Gasteiger partial charge is 0.290 e. The molecule has 5 rings (SSSR count). The van der Waals surface area contributed by atoms with Crippen molar-refractivity contribution in [2.45, 2.75) is 45.4 Å². The van der Waals surface area contributed by atoms with E-state index in [0.717, 1.165) is 18.4 Å². The molecule has 1 saturated carbocycles. The number of ether oxygens (including phenoxy) is 1. The Labute approximate surface area is 170 Å². The van der Waals surface area contributed by atoms with Crippen LogP contribution in [-0.2, 0) is 20.9 Å². The maximum atomic E-state index is 13.6. The number of hydrogen-bond acceptors (Lipinski definition) is 4. The lowest BCUT2D eigenvalue weighted by Crippen LogP contribution is -2.43. The fourth-order valence-electron chi connectivity index (χ4n) is 5.02. The second-order valence-electron chi connectivity index (χ2n) is 8.62. The summed E-state index contributed by atoms with van der Waals surface area (Å²) in [4.78, 5) is 28.7. The molecule has 3 heterocycles. The minimum absolute atomic E-state index is 0.0825. The molecule has 150 valence electrons. The average molecular weight is 391 g/mol. The van der Waals surface area contributed by atoms with Gasteiger partial charge in [0.25, 0.3) is 5.91 Å². The minimum atomic E-state index is -0.438. The van der Waals surface area contributed by atoms with Crippen LogP contribution in [0.2, 0.25) is 0 Å². The Balaban J connectivity index is 1.57. The van der Waals surface area contributed by atoms with Gasteiger partial charge < -0.3 is 14.1 Å². The number of carbonyl (C=O) groups is 2. The van der Waals surface area contributed by atoms with Crippen molar-refractivity contribution in [1.29, 1.82) is 0 Å². The van der Waals surface area contributed by atoms with Crippen LogP contribution in [0.3, 0.4) is 0 Å². The quantitative estimate of drug-likeness (QED) is 0.784. The van der Waals surface area contributed by atoms with E-state index in [1.807, 2.05) is 36.4 Å². The molecule has 5 atom stereocenters. The van der Waals surface area contributed by atoms with Crippen molar-refractivity contribution in [2.75, 3.05) is 0 Å². The van der Waals surface area contributed by atoms with E-state index in [-0.39, 0.29) is 29.5 Å². The molecular weight excluding hydrogens is 366 g/mol. The summed E-state index contributed by atoms with van der Waals surface area (Å²) < 4.78 is 11.7. The van der Waals surface area contributed by atoms with E-state index >= 15 is 0 Å². The molecule has 1 fully saturated rings. The van der Waals surface area contributed by atoms with E-state index in [4.69, 9.17) is 9.15 Å². The number of nitrogens with zero attached hydrogens (tertiary/aromatic N) is 1. The number of ketones is 1. The van der Waals surface area contributed by atoms with Gasteiger partial charge in [0.1, 0.15) is 11.9 Å². The van der Waals surface area contributed by atoms with Crippen molar-refractivity contribution in [3.05, 3.63) is 71.4 Å². The molecule has 0 spiro atoms. The van der Waals surface area contributed by atoms with Crippen molar-refractivity contribution >= 4 is 11.7 Å². The molecule has 1 aromatic carbocycles. The summed E-state index contributed by atoms with van der Waals surface area (Å²) in [5.74, 6) is 1.58. The minimum Gasteiger partial charge on any atom is -0.483 e. The topological polar surface area (TPSA) is 59.8 Å². The third kappa shape index (κ3) is 2.91. The first-order valence-electron chi connectivity index (χ1n) is 10.4. The van der Waals surface area contributed by atoms with E-state index < -0.39 is 6.04 Å². The number of amides is 1. The van der Waals surface area contributed by atoms with Crippen LogP contribution >= 0.6 is 0 Å². The summed E-state index contributed by atoms with van der Waals surface area (Å²) in [6.07, 6.45) is 3.03. The molecule has 5 heteroatoms. The first kappa shape index (κ1) is 18.2. The fraction of sp³-hybridized carbons (Fsp3) is 0.417. The Kier molecular flexibility index (Phi) is 4.34. The zero-order valence-corrected chi connectivity index (χ0v) is 16.7. The van der Waals surface area contributed by atoms with E-state index in [1.54, 1.807) is 17.2 Å². The lowest BCUT2D eigenvalue weighted by Gasteiger charge is -2.40. The number of fused-ring (bicyclic) bond motifs is 1. The lowest BCUT2D eigenvalue weighted by molar-refractivity contribution is -0.137. The van der Waals surface area contributed by atoms with Crippen molar-refractivity contribution in [3.8, 4) is 0 Å². The second-order valence-corrected chi connectivity index (χ2v) is 8.62. The predicted octanol–water partition coefficient (Wildman–Crippen LogP) is 4.27. The van der Waals surface area contributed by atoms with E-state index in [2.05, 4.69) is 13.8 Å². The number of rotatable bonds is 3. The largest absolute Gasteiger partial charge is 0.483 e. The summed E-state index contributed by atoms with van der Waals surface area (Å²) in [7, 11) is 0. The van der Waals surface area contributed by atoms with Gasteiger partial charge in [-0.1, -0.05) is 44.2 Å². The molecule has 1 aliphatic carbocycles. The zero-order chi connectivity index (χ0) is 20.1. The van der Waals surface area contributed by atoms with Crippen LogP contribution in [0.25, 0.3) is 0 Å². The van der Waals surface area contributed by atoms with Crippen LogP contribution in [0.4, 0.5) is 0 Å². The van der Waals surface area contributed by atoms with Crippen LogP contribution in [0, 0.1) is 17.8 Å². The maximum absolute atomic E-state index is 13.6. The van der Waals surface area contributed by atoms with Crippen molar-refractivity contribution in [1.82, 2.24) is 4.90 Å². The van der Waals surface area contributed by atoms with E-state index in [0.29, 0.717) is 29.7 Å². The monoisotopic (exact) mass is 391 g/mol. The lowest BCUT2D eigenvalue weighted by atomic mass is 9.70. The molecule has 1 amide bonds. The Morgan fingerprint density at radius 2 is 1.76 bits per heavy atom. The first-order chi connectivity index (χ1) is 14.0. The summed E-state index contributed by atoms with van der Waals surface area (Å²) in [6, 6.07) is 13.0. The third-order valence-corrected chi connectivity index (χ3v) is 6.83. The number of hydrogen-bond donors (Lipinski definition) is 0. The Morgan fingerprint density at radius 3 is 2.48 bits per heavy atom. The van der Waals surface area contributed by atoms with E-state index in [9.17, 15) is 9.59 Å². The Bertz CT molecular complexity index is 962. The molecule has 0 saturated heterocycles. The van der Waals surface area contributed by atoms with Crippen LogP contribution in [0.1, 0.15) is 44.1 Å². The van der Waals surface area contributed by atoms with Gasteiger partial charge in [0.2, 0.25) is 0 Å². The predicted molar refractivity (Wildman–Crippen MR) is 106 cm³/mol. The highest BCUT2D eigenvalue weighted by molar-refractivity contribution is 6.11. The van der Waals surface area contributed by atoms with Gasteiger partial charge in [-0.25, -0.2) is 0 Å². The maximum Gasteiger partial charge on any atom is 0.290 e. The Hall–Kier alpha value is -2.82. The summed E-state index contributed by atoms with van der Waals surface area (Å²) in [6.45, 7) is 4.71. The van der Waals surface area contributed by atoms with Gasteiger partial charge in [-0.05, 0) is 42.4 Å². The molecule has 0 N–H and O–H groups in total. The highest BCUT2D eigenvalue weighted by Crippen LogP contribution is 2.48. The van der Waals surface area contributed by atoms with Gasteiger partial charge in [0, 0.05) is 0 Å². The number of furan rings is 1. The standard InChI is InChI=1S/C24H25NO4/c1-14-11-18-19(12-15(14)2)29-23-20(22(18)26)21(16-7-4-3-5-8-16)25(24(23)27)13-17-9-6-10-28-17/h3-10,14-15,18-19,21H,11-13H2,1-2H3. The molecule has 29 heavy (non-hydrogen) atoms. The van der Waals surface area contributed by atoms with Gasteiger partial charge in [-0.15, -0.1) is 0 Å². The first-order valence-corrected chi connectivity index (χ1v) is 10.4. The summed E-state index contributed by atoms with van der Waals surface area (Å²) >= 11 is 0. The molecule has 1 aromatic heterocycles. The average Bonchev–Trinajstić information content (AvgIpc) is 3.32. The van der Waals surface area contributed by atoms with Gasteiger partial charge in [0.15, 0.2) is 11.5 Å². The Morgan fingerprint density at radius 1 is 1.00 bits per heavy atom. The number of benzene rings is 1. The van der Waals surface area contributed by atoms with Crippen molar-refractivity contribution in [3.63, 3.8) is 0 Å². The van der Waals surface area contributed by atoms with Crippen LogP contribution < -0.4 is 0 Å². The molecule has 2 aliphatic heterocycles. The van der Waals surface area contributed by atoms with Crippen molar-refractivity contribution < 1.29 is 18.7 Å². The molecule has 0 bridgehead atoms. The summed E-state index contributed by atoms with van der Waals surface area (Å²) in [5, 5.41) is 0.